The van der Waals surface area contributed by atoms with E-state index in [-0.39, 0.29) is 24.3 Å². The Morgan fingerprint density at radius 3 is 2.85 bits per heavy atom. The van der Waals surface area contributed by atoms with Crippen molar-refractivity contribution in [2.24, 2.45) is 0 Å². The van der Waals surface area contributed by atoms with Crippen LogP contribution in [0.3, 0.4) is 0 Å². The Kier molecular flexibility index (Phi) is 4.02. The van der Waals surface area contributed by atoms with Crippen LogP contribution in [0.4, 0.5) is 4.39 Å². The second-order valence-electron chi connectivity index (χ2n) is 4.59. The van der Waals surface area contributed by atoms with Gasteiger partial charge >= 0.3 is 5.97 Å². The summed E-state index contributed by atoms with van der Waals surface area (Å²) in [4.78, 5) is 15.0. The van der Waals surface area contributed by atoms with Crippen molar-refractivity contribution in [2.75, 3.05) is 0 Å². The number of carboxylic acids is 1. The highest BCUT2D eigenvalue weighted by Crippen LogP contribution is 2.18. The topological polar surface area (TPSA) is 64.4 Å². The molecule has 1 heterocycles. The predicted octanol–water partition coefficient (Wildman–Crippen LogP) is 2.88. The fourth-order valence-corrected chi connectivity index (χ4v) is 1.95. The van der Waals surface area contributed by atoms with Crippen LogP contribution in [0.5, 0.6) is 5.75 Å². The molecule has 0 bridgehead atoms. The van der Waals surface area contributed by atoms with E-state index in [0.29, 0.717) is 11.4 Å². The Labute approximate surface area is 115 Å². The second kappa shape index (κ2) is 5.73. The summed E-state index contributed by atoms with van der Waals surface area (Å²) >= 11 is 0. The molecule has 0 radical (unpaired) electrons. The monoisotopic (exact) mass is 278 g/mol. The lowest BCUT2D eigenvalue weighted by Gasteiger charge is -2.14. The molecule has 0 aliphatic carbocycles. The summed E-state index contributed by atoms with van der Waals surface area (Å²) in [6.07, 6.45) is 1.46. The molecule has 5 nitrogen and oxygen atoms in total. The zero-order chi connectivity index (χ0) is 14.7. The average molecular weight is 278 g/mol. The number of carbonyl (C=O) groups is 1. The molecular weight excluding hydrogens is 263 g/mol. The zero-order valence-electron chi connectivity index (χ0n) is 11.2. The van der Waals surface area contributed by atoms with Gasteiger partial charge in [-0.25, -0.2) is 14.2 Å². The molecule has 0 aliphatic rings. The minimum Gasteiger partial charge on any atom is -0.487 e. The van der Waals surface area contributed by atoms with Gasteiger partial charge in [-0.2, -0.15) is 0 Å². The van der Waals surface area contributed by atoms with Crippen molar-refractivity contribution in [3.05, 3.63) is 47.8 Å². The van der Waals surface area contributed by atoms with Crippen LogP contribution in [0.1, 0.15) is 36.2 Å². The zero-order valence-corrected chi connectivity index (χ0v) is 11.2. The number of ether oxygens (including phenoxy) is 1. The van der Waals surface area contributed by atoms with Gasteiger partial charge in [-0.05, 0) is 26.0 Å². The quantitative estimate of drug-likeness (QED) is 0.913. The molecule has 20 heavy (non-hydrogen) atoms. The highest BCUT2D eigenvalue weighted by Gasteiger charge is 2.18. The van der Waals surface area contributed by atoms with Crippen LogP contribution < -0.4 is 4.74 Å². The van der Waals surface area contributed by atoms with E-state index in [0.717, 1.165) is 0 Å². The van der Waals surface area contributed by atoms with Gasteiger partial charge in [-0.1, -0.05) is 6.07 Å². The molecule has 1 aromatic carbocycles. The first-order valence-electron chi connectivity index (χ1n) is 6.17. The predicted molar refractivity (Wildman–Crippen MR) is 70.3 cm³/mol. The van der Waals surface area contributed by atoms with E-state index in [2.05, 4.69) is 4.98 Å². The lowest BCUT2D eigenvalue weighted by molar-refractivity contribution is 0.0675. The molecule has 0 saturated heterocycles. The number of hydrogen-bond donors (Lipinski definition) is 1. The molecule has 0 saturated carbocycles. The summed E-state index contributed by atoms with van der Waals surface area (Å²) < 4.78 is 20.1. The van der Waals surface area contributed by atoms with Crippen molar-refractivity contribution < 1.29 is 19.0 Å². The van der Waals surface area contributed by atoms with Gasteiger partial charge in [0.05, 0.1) is 11.9 Å². The van der Waals surface area contributed by atoms with E-state index >= 15 is 0 Å². The van der Waals surface area contributed by atoms with E-state index in [1.165, 1.54) is 18.3 Å². The van der Waals surface area contributed by atoms with E-state index < -0.39 is 5.97 Å². The Morgan fingerprint density at radius 1 is 1.50 bits per heavy atom. The van der Waals surface area contributed by atoms with Crippen LogP contribution in [-0.2, 0) is 6.61 Å². The first kappa shape index (κ1) is 14.0. The fraction of sp³-hybridized carbons (Fsp3) is 0.286. The molecule has 106 valence electrons. The van der Waals surface area contributed by atoms with Gasteiger partial charge in [-0.15, -0.1) is 0 Å². The van der Waals surface area contributed by atoms with Crippen molar-refractivity contribution in [1.82, 2.24) is 9.55 Å². The Bertz CT molecular complexity index is 623. The number of halogens is 1. The van der Waals surface area contributed by atoms with Crippen LogP contribution in [0.15, 0.2) is 30.5 Å². The standard InChI is InChI=1S/C14H15FN2O3/c1-9(2)17-11(7-16-13(17)14(18)19)8-20-12-5-3-4-10(15)6-12/h3-7,9H,8H2,1-2H3,(H,18,19). The van der Waals surface area contributed by atoms with Crippen molar-refractivity contribution in [2.45, 2.75) is 26.5 Å². The van der Waals surface area contributed by atoms with Gasteiger partial charge < -0.3 is 14.4 Å². The highest BCUT2D eigenvalue weighted by molar-refractivity contribution is 5.83. The summed E-state index contributed by atoms with van der Waals surface area (Å²) in [7, 11) is 0. The van der Waals surface area contributed by atoms with Gasteiger partial charge in [0.1, 0.15) is 18.2 Å². The molecule has 2 rings (SSSR count). The first-order chi connectivity index (χ1) is 9.49. The summed E-state index contributed by atoms with van der Waals surface area (Å²) in [6.45, 7) is 3.85. The minimum absolute atomic E-state index is 0.0298. The highest BCUT2D eigenvalue weighted by atomic mass is 19.1. The van der Waals surface area contributed by atoms with E-state index in [1.807, 2.05) is 13.8 Å². The van der Waals surface area contributed by atoms with Gasteiger partial charge in [0, 0.05) is 12.1 Å². The number of hydrogen-bond acceptors (Lipinski definition) is 3. The van der Waals surface area contributed by atoms with Crippen molar-refractivity contribution in [1.29, 1.82) is 0 Å². The third-order valence-corrected chi connectivity index (χ3v) is 2.76. The van der Waals surface area contributed by atoms with Crippen molar-refractivity contribution in [3.63, 3.8) is 0 Å². The van der Waals surface area contributed by atoms with E-state index in [9.17, 15) is 9.18 Å². The number of rotatable bonds is 5. The number of aromatic carboxylic acids is 1. The van der Waals surface area contributed by atoms with Crippen LogP contribution >= 0.6 is 0 Å². The minimum atomic E-state index is -1.09. The van der Waals surface area contributed by atoms with E-state index in [4.69, 9.17) is 9.84 Å². The molecule has 0 spiro atoms. The number of carboxylic acid groups (broad SMARTS) is 1. The third kappa shape index (κ3) is 2.96. The molecule has 0 atom stereocenters. The molecule has 1 aromatic heterocycles. The van der Waals surface area contributed by atoms with E-state index in [1.54, 1.807) is 16.7 Å². The van der Waals surface area contributed by atoms with Gasteiger partial charge in [0.2, 0.25) is 5.82 Å². The molecule has 0 amide bonds. The number of benzene rings is 1. The average Bonchev–Trinajstić information content (AvgIpc) is 2.80. The Balaban J connectivity index is 2.19. The molecule has 0 unspecified atom stereocenters. The smallest absolute Gasteiger partial charge is 0.372 e. The van der Waals surface area contributed by atoms with Crippen LogP contribution in [0.25, 0.3) is 0 Å². The van der Waals surface area contributed by atoms with Crippen molar-refractivity contribution >= 4 is 5.97 Å². The summed E-state index contributed by atoms with van der Waals surface area (Å²) in [5.74, 6) is -1.11. The number of imidazole rings is 1. The summed E-state index contributed by atoms with van der Waals surface area (Å²) in [5, 5.41) is 9.08. The molecule has 6 heteroatoms. The normalized spacial score (nSPS) is 10.8. The maximum atomic E-state index is 13.0. The molecule has 1 N–H and O–H groups in total. The maximum Gasteiger partial charge on any atom is 0.372 e. The number of aromatic nitrogens is 2. The van der Waals surface area contributed by atoms with Gasteiger partial charge in [0.15, 0.2) is 0 Å². The molecular formula is C14H15FN2O3. The molecule has 0 fully saturated rings. The maximum absolute atomic E-state index is 13.0. The lowest BCUT2D eigenvalue weighted by atomic mass is 10.3. The van der Waals surface area contributed by atoms with Crippen LogP contribution in [0, 0.1) is 5.82 Å². The van der Waals surface area contributed by atoms with Crippen LogP contribution in [0.2, 0.25) is 0 Å². The summed E-state index contributed by atoms with van der Waals surface area (Å²) in [6, 6.07) is 5.72. The molecule has 2 aromatic rings. The molecule has 0 aliphatic heterocycles. The summed E-state index contributed by atoms with van der Waals surface area (Å²) in [5.41, 5.74) is 0.627. The third-order valence-electron chi connectivity index (χ3n) is 2.76. The second-order valence-corrected chi connectivity index (χ2v) is 4.59. The Morgan fingerprint density at radius 2 is 2.25 bits per heavy atom. The fourth-order valence-electron chi connectivity index (χ4n) is 1.95. The van der Waals surface area contributed by atoms with Crippen molar-refractivity contribution in [3.8, 4) is 5.75 Å². The lowest BCUT2D eigenvalue weighted by Crippen LogP contribution is -2.15. The largest absolute Gasteiger partial charge is 0.487 e. The van der Waals surface area contributed by atoms with Gasteiger partial charge in [-0.3, -0.25) is 0 Å². The Hall–Kier alpha value is -2.37. The SMILES string of the molecule is CC(C)n1c(COc2cccc(F)c2)cnc1C(=O)O. The van der Waals surface area contributed by atoms with Gasteiger partial charge in [0.25, 0.3) is 0 Å². The number of nitrogens with zero attached hydrogens (tertiary/aromatic N) is 2. The first-order valence-corrected chi connectivity index (χ1v) is 6.17. The van der Waals surface area contributed by atoms with Crippen LogP contribution in [-0.4, -0.2) is 20.6 Å².